The highest BCUT2D eigenvalue weighted by atomic mass is 35.5. The van der Waals surface area contributed by atoms with Crippen molar-refractivity contribution in [3.63, 3.8) is 0 Å². The van der Waals surface area contributed by atoms with Gasteiger partial charge in [0.05, 0.1) is 4.34 Å². The van der Waals surface area contributed by atoms with Gasteiger partial charge >= 0.3 is 6.09 Å². The van der Waals surface area contributed by atoms with Crippen molar-refractivity contribution in [2.75, 3.05) is 6.54 Å². The predicted molar refractivity (Wildman–Crippen MR) is 110 cm³/mol. The molecular formula is C20H27ClN2O3S. The molecule has 5 nitrogen and oxygen atoms in total. The van der Waals surface area contributed by atoms with Crippen LogP contribution < -0.4 is 10.6 Å². The highest BCUT2D eigenvalue weighted by molar-refractivity contribution is 7.16. The summed E-state index contributed by atoms with van der Waals surface area (Å²) >= 11 is 7.26. The maximum Gasteiger partial charge on any atom is 0.408 e. The number of allylic oxidation sites excluding steroid dienone is 3. The number of halogens is 1. The van der Waals surface area contributed by atoms with Crippen LogP contribution in [-0.2, 0) is 9.53 Å². The van der Waals surface area contributed by atoms with E-state index < -0.39 is 17.7 Å². The van der Waals surface area contributed by atoms with Crippen molar-refractivity contribution in [2.45, 2.75) is 58.6 Å². The van der Waals surface area contributed by atoms with Gasteiger partial charge in [0.2, 0.25) is 5.91 Å². The first-order valence-electron chi connectivity index (χ1n) is 9.02. The van der Waals surface area contributed by atoms with Gasteiger partial charge in [-0.3, -0.25) is 4.79 Å². The van der Waals surface area contributed by atoms with Crippen molar-refractivity contribution in [1.29, 1.82) is 0 Å². The molecule has 2 rings (SSSR count). The lowest BCUT2D eigenvalue weighted by atomic mass is 9.97. The third-order valence-corrected chi connectivity index (χ3v) is 5.29. The van der Waals surface area contributed by atoms with E-state index in [0.717, 1.165) is 19.3 Å². The molecule has 27 heavy (non-hydrogen) atoms. The van der Waals surface area contributed by atoms with E-state index in [2.05, 4.69) is 29.7 Å². The van der Waals surface area contributed by atoms with Gasteiger partial charge in [-0.15, -0.1) is 11.3 Å². The molecule has 1 aromatic rings. The Bertz CT molecular complexity index is 747. The van der Waals surface area contributed by atoms with Crippen molar-refractivity contribution in [2.24, 2.45) is 0 Å². The molecule has 1 atom stereocenters. The zero-order chi connectivity index (χ0) is 20.0. The Morgan fingerprint density at radius 1 is 1.26 bits per heavy atom. The highest BCUT2D eigenvalue weighted by Gasteiger charge is 2.27. The Labute approximate surface area is 169 Å². The standard InChI is InChI=1S/C20H27ClN2O3S/c1-13-5-7-14(8-6-13)11-12-22-18(24)17(15-9-10-16(21)27-15)23-19(25)26-20(2,3)4/h5,7,9-10,17H,6,8,11-12H2,1-4H3,(H,22,24)(H,23,25). The maximum atomic E-state index is 12.7. The lowest BCUT2D eigenvalue weighted by Crippen LogP contribution is -2.42. The monoisotopic (exact) mass is 410 g/mol. The van der Waals surface area contributed by atoms with Gasteiger partial charge < -0.3 is 15.4 Å². The van der Waals surface area contributed by atoms with Gasteiger partial charge in [-0.1, -0.05) is 34.9 Å². The lowest BCUT2D eigenvalue weighted by molar-refractivity contribution is -0.123. The van der Waals surface area contributed by atoms with Crippen LogP contribution in [-0.4, -0.2) is 24.1 Å². The zero-order valence-electron chi connectivity index (χ0n) is 16.2. The van der Waals surface area contributed by atoms with E-state index in [9.17, 15) is 9.59 Å². The summed E-state index contributed by atoms with van der Waals surface area (Å²) in [5.41, 5.74) is 2.05. The van der Waals surface area contributed by atoms with Gasteiger partial charge in [-0.25, -0.2) is 4.79 Å². The maximum absolute atomic E-state index is 12.7. The number of thiophene rings is 1. The van der Waals surface area contributed by atoms with Crippen molar-refractivity contribution in [3.05, 3.63) is 44.6 Å². The summed E-state index contributed by atoms with van der Waals surface area (Å²) in [6.45, 7) is 7.96. The minimum Gasteiger partial charge on any atom is -0.444 e. The Morgan fingerprint density at radius 2 is 2.00 bits per heavy atom. The normalized spacial score (nSPS) is 15.4. The average molecular weight is 411 g/mol. The largest absolute Gasteiger partial charge is 0.444 e. The number of ether oxygens (including phenoxy) is 1. The fourth-order valence-electron chi connectivity index (χ4n) is 2.62. The second kappa shape index (κ2) is 9.42. The molecule has 0 fully saturated rings. The summed E-state index contributed by atoms with van der Waals surface area (Å²) in [5, 5.41) is 5.56. The molecule has 2 N–H and O–H groups in total. The molecule has 0 aromatic carbocycles. The van der Waals surface area contributed by atoms with Crippen LogP contribution in [0.5, 0.6) is 0 Å². The zero-order valence-corrected chi connectivity index (χ0v) is 17.8. The van der Waals surface area contributed by atoms with E-state index in [1.54, 1.807) is 32.9 Å². The van der Waals surface area contributed by atoms with Gasteiger partial charge in [0.25, 0.3) is 0 Å². The van der Waals surface area contributed by atoms with Crippen molar-refractivity contribution in [3.8, 4) is 0 Å². The van der Waals surface area contributed by atoms with Crippen LogP contribution in [0.4, 0.5) is 4.79 Å². The van der Waals surface area contributed by atoms with E-state index >= 15 is 0 Å². The van der Waals surface area contributed by atoms with Crippen LogP contribution in [0, 0.1) is 0 Å². The number of hydrogen-bond donors (Lipinski definition) is 2. The molecule has 7 heteroatoms. The highest BCUT2D eigenvalue weighted by Crippen LogP contribution is 2.27. The van der Waals surface area contributed by atoms with Gasteiger partial charge in [0.1, 0.15) is 11.6 Å². The van der Waals surface area contributed by atoms with Crippen LogP contribution in [0.2, 0.25) is 4.34 Å². The number of carbonyl (C=O) groups is 2. The Hall–Kier alpha value is -1.79. The number of hydrogen-bond acceptors (Lipinski definition) is 4. The number of carbonyl (C=O) groups excluding carboxylic acids is 2. The number of amides is 2. The summed E-state index contributed by atoms with van der Waals surface area (Å²) in [6.07, 6.45) is 6.50. The quantitative estimate of drug-likeness (QED) is 0.682. The number of nitrogens with one attached hydrogen (secondary N) is 2. The topological polar surface area (TPSA) is 67.4 Å². The minimum absolute atomic E-state index is 0.275. The van der Waals surface area contributed by atoms with Crippen LogP contribution >= 0.6 is 22.9 Å². The molecule has 148 valence electrons. The van der Waals surface area contributed by atoms with Gasteiger partial charge in [-0.2, -0.15) is 0 Å². The van der Waals surface area contributed by atoms with Gasteiger partial charge in [0.15, 0.2) is 0 Å². The molecule has 1 heterocycles. The second-order valence-electron chi connectivity index (χ2n) is 7.60. The summed E-state index contributed by atoms with van der Waals surface area (Å²) in [5.74, 6) is -0.275. The fraction of sp³-hybridized carbons (Fsp3) is 0.500. The summed E-state index contributed by atoms with van der Waals surface area (Å²) in [4.78, 5) is 25.5. The molecule has 0 radical (unpaired) electrons. The van der Waals surface area contributed by atoms with Gasteiger partial charge in [-0.05, 0) is 59.1 Å². The van der Waals surface area contributed by atoms with E-state index in [-0.39, 0.29) is 5.91 Å². The first-order chi connectivity index (χ1) is 12.6. The SMILES string of the molecule is CC1=CC=C(CCNC(=O)C(NC(=O)OC(C)(C)C)c2ccc(Cl)s2)CC1. The Kier molecular flexibility index (Phi) is 7.50. The summed E-state index contributed by atoms with van der Waals surface area (Å²) in [6, 6.07) is 2.62. The molecule has 1 aliphatic rings. The van der Waals surface area contributed by atoms with Crippen molar-refractivity contribution in [1.82, 2.24) is 10.6 Å². The molecule has 1 unspecified atom stereocenters. The molecular weight excluding hydrogens is 384 g/mol. The average Bonchev–Trinajstić information content (AvgIpc) is 2.99. The summed E-state index contributed by atoms with van der Waals surface area (Å²) in [7, 11) is 0. The molecule has 2 amide bonds. The Morgan fingerprint density at radius 3 is 2.56 bits per heavy atom. The van der Waals surface area contributed by atoms with Crippen molar-refractivity contribution >= 4 is 34.9 Å². The lowest BCUT2D eigenvalue weighted by Gasteiger charge is -2.23. The molecule has 0 aliphatic heterocycles. The smallest absolute Gasteiger partial charge is 0.408 e. The van der Waals surface area contributed by atoms with Crippen LogP contribution in [0.25, 0.3) is 0 Å². The van der Waals surface area contributed by atoms with E-state index in [1.165, 1.54) is 22.5 Å². The molecule has 0 bridgehead atoms. The molecule has 0 saturated heterocycles. The molecule has 1 aromatic heterocycles. The van der Waals surface area contributed by atoms with Crippen LogP contribution in [0.3, 0.4) is 0 Å². The number of rotatable bonds is 6. The first kappa shape index (κ1) is 21.5. The first-order valence-corrected chi connectivity index (χ1v) is 10.2. The minimum atomic E-state index is -0.833. The van der Waals surface area contributed by atoms with Crippen LogP contribution in [0.1, 0.15) is 57.9 Å². The summed E-state index contributed by atoms with van der Waals surface area (Å²) < 4.78 is 5.84. The van der Waals surface area contributed by atoms with E-state index in [4.69, 9.17) is 16.3 Å². The third kappa shape index (κ3) is 7.39. The van der Waals surface area contributed by atoms with Gasteiger partial charge in [0, 0.05) is 11.4 Å². The predicted octanol–water partition coefficient (Wildman–Crippen LogP) is 5.14. The second-order valence-corrected chi connectivity index (χ2v) is 9.35. The van der Waals surface area contributed by atoms with E-state index in [1.807, 2.05) is 0 Å². The van der Waals surface area contributed by atoms with E-state index in [0.29, 0.717) is 15.8 Å². The van der Waals surface area contributed by atoms with Crippen LogP contribution in [0.15, 0.2) is 35.4 Å². The molecule has 0 saturated carbocycles. The Balaban J connectivity index is 1.97. The molecule has 0 spiro atoms. The molecule has 1 aliphatic carbocycles. The van der Waals surface area contributed by atoms with Crippen molar-refractivity contribution < 1.29 is 14.3 Å². The third-order valence-electron chi connectivity index (χ3n) is 3.99. The fourth-order valence-corrected chi connectivity index (χ4v) is 3.73. The number of alkyl carbamates (subject to hydrolysis) is 1.